The van der Waals surface area contributed by atoms with Crippen molar-refractivity contribution < 1.29 is 14.7 Å². The fourth-order valence-electron chi connectivity index (χ4n) is 2.57. The molecule has 1 fully saturated rings. The number of carboxylic acid groups (broad SMARTS) is 1. The van der Waals surface area contributed by atoms with Crippen LogP contribution in [-0.2, 0) is 4.79 Å². The molecule has 1 N–H and O–H groups in total. The van der Waals surface area contributed by atoms with E-state index in [0.29, 0.717) is 6.54 Å². The lowest BCUT2D eigenvalue weighted by molar-refractivity contribution is -0.128. The fourth-order valence-corrected chi connectivity index (χ4v) is 2.57. The first-order valence-electron chi connectivity index (χ1n) is 6.82. The second-order valence-corrected chi connectivity index (χ2v) is 5.25. The quantitative estimate of drug-likeness (QED) is 0.910. The van der Waals surface area contributed by atoms with Crippen LogP contribution in [-0.4, -0.2) is 48.6 Å². The van der Waals surface area contributed by atoms with Crippen molar-refractivity contribution in [3.05, 3.63) is 29.3 Å². The zero-order valence-corrected chi connectivity index (χ0v) is 11.9. The molecule has 5 heteroatoms. The second-order valence-electron chi connectivity index (χ2n) is 5.25. The average molecular weight is 276 g/mol. The van der Waals surface area contributed by atoms with Crippen molar-refractivity contribution in [3.63, 3.8) is 0 Å². The van der Waals surface area contributed by atoms with E-state index in [-0.39, 0.29) is 11.5 Å². The minimum absolute atomic E-state index is 0.131. The minimum Gasteiger partial charge on any atom is -0.478 e. The monoisotopic (exact) mass is 276 g/mol. The lowest BCUT2D eigenvalue weighted by Gasteiger charge is -2.24. The van der Waals surface area contributed by atoms with E-state index >= 15 is 0 Å². The van der Waals surface area contributed by atoms with Gasteiger partial charge in [0.2, 0.25) is 5.91 Å². The lowest BCUT2D eigenvalue weighted by Crippen LogP contribution is -2.37. The third kappa shape index (κ3) is 3.10. The normalized spacial score (nSPS) is 14.4. The first-order valence-corrected chi connectivity index (χ1v) is 6.82. The Bertz CT molecular complexity index is 522. The van der Waals surface area contributed by atoms with E-state index in [2.05, 4.69) is 0 Å². The van der Waals surface area contributed by atoms with Crippen molar-refractivity contribution in [2.24, 2.45) is 0 Å². The van der Waals surface area contributed by atoms with Crippen molar-refractivity contribution in [2.45, 2.75) is 19.8 Å². The molecule has 1 amide bonds. The summed E-state index contributed by atoms with van der Waals surface area (Å²) in [5.74, 6) is -0.804. The van der Waals surface area contributed by atoms with Crippen molar-refractivity contribution >= 4 is 17.6 Å². The molecule has 1 aromatic rings. The van der Waals surface area contributed by atoms with E-state index in [1.165, 1.54) is 0 Å². The number of hydrogen-bond acceptors (Lipinski definition) is 3. The molecule has 2 rings (SSSR count). The van der Waals surface area contributed by atoms with Gasteiger partial charge in [-0.05, 0) is 43.5 Å². The van der Waals surface area contributed by atoms with E-state index in [1.807, 2.05) is 23.8 Å². The van der Waals surface area contributed by atoms with Crippen LogP contribution in [0, 0.1) is 6.92 Å². The number of aromatic carboxylic acids is 1. The zero-order valence-electron chi connectivity index (χ0n) is 11.9. The average Bonchev–Trinajstić information content (AvgIpc) is 2.92. The number of hydrogen-bond donors (Lipinski definition) is 1. The highest BCUT2D eigenvalue weighted by molar-refractivity contribution is 5.89. The third-order valence-corrected chi connectivity index (χ3v) is 3.69. The number of likely N-dealkylation sites (N-methyl/N-ethyl adjacent to an activating group) is 1. The fraction of sp³-hybridized carbons (Fsp3) is 0.467. The van der Waals surface area contributed by atoms with Gasteiger partial charge in [-0.3, -0.25) is 4.79 Å². The summed E-state index contributed by atoms with van der Waals surface area (Å²) in [4.78, 5) is 26.8. The summed E-state index contributed by atoms with van der Waals surface area (Å²) in [6, 6.07) is 4.96. The van der Waals surface area contributed by atoms with Gasteiger partial charge in [-0.15, -0.1) is 0 Å². The van der Waals surface area contributed by atoms with Crippen LogP contribution in [0.15, 0.2) is 18.2 Å². The Hall–Kier alpha value is -2.04. The third-order valence-electron chi connectivity index (χ3n) is 3.69. The molecule has 0 unspecified atom stereocenters. The summed E-state index contributed by atoms with van der Waals surface area (Å²) in [6.07, 6.45) is 2.17. The predicted molar refractivity (Wildman–Crippen MR) is 77.2 cm³/mol. The van der Waals surface area contributed by atoms with Crippen LogP contribution >= 0.6 is 0 Å². The number of likely N-dealkylation sites (tertiary alicyclic amines) is 1. The molecule has 0 spiro atoms. The smallest absolute Gasteiger partial charge is 0.335 e. The molecule has 0 atom stereocenters. The Labute approximate surface area is 118 Å². The van der Waals surface area contributed by atoms with Gasteiger partial charge >= 0.3 is 5.97 Å². The van der Waals surface area contributed by atoms with Crippen LogP contribution in [0.2, 0.25) is 0 Å². The molecule has 1 saturated heterocycles. The first kappa shape index (κ1) is 14.4. The molecule has 1 aromatic carbocycles. The van der Waals surface area contributed by atoms with E-state index in [4.69, 9.17) is 5.11 Å². The zero-order chi connectivity index (χ0) is 14.7. The van der Waals surface area contributed by atoms with Crippen LogP contribution in [0.5, 0.6) is 0 Å². The molecular formula is C15H20N2O3. The van der Waals surface area contributed by atoms with Crippen molar-refractivity contribution in [1.29, 1.82) is 0 Å². The molecule has 1 aliphatic heterocycles. The molecular weight excluding hydrogens is 256 g/mol. The summed E-state index contributed by atoms with van der Waals surface area (Å²) < 4.78 is 0. The van der Waals surface area contributed by atoms with E-state index in [1.54, 1.807) is 18.2 Å². The summed E-state index contributed by atoms with van der Waals surface area (Å²) in [7, 11) is 1.86. The molecule has 5 nitrogen and oxygen atoms in total. The van der Waals surface area contributed by atoms with Gasteiger partial charge in [0.25, 0.3) is 0 Å². The molecule has 0 aromatic heterocycles. The van der Waals surface area contributed by atoms with Crippen LogP contribution in [0.3, 0.4) is 0 Å². The summed E-state index contributed by atoms with van der Waals surface area (Å²) in [6.45, 7) is 3.89. The second kappa shape index (κ2) is 5.94. The molecule has 1 heterocycles. The molecule has 20 heavy (non-hydrogen) atoms. The Morgan fingerprint density at radius 2 is 1.95 bits per heavy atom. The molecule has 108 valence electrons. The topological polar surface area (TPSA) is 60.9 Å². The number of rotatable bonds is 4. The number of aryl methyl sites for hydroxylation is 1. The highest BCUT2D eigenvalue weighted by Crippen LogP contribution is 2.20. The standard InChI is InChI=1S/C15H20N2O3/c1-11-9-12(15(19)20)5-6-13(11)16(2)10-14(18)17-7-3-4-8-17/h5-6,9H,3-4,7-8,10H2,1-2H3,(H,19,20). The molecule has 0 bridgehead atoms. The van der Waals surface area contributed by atoms with Gasteiger partial charge < -0.3 is 14.9 Å². The maximum absolute atomic E-state index is 12.1. The summed E-state index contributed by atoms with van der Waals surface area (Å²) in [5.41, 5.74) is 2.02. The van der Waals surface area contributed by atoms with Crippen LogP contribution < -0.4 is 4.90 Å². The SMILES string of the molecule is Cc1cc(C(=O)O)ccc1N(C)CC(=O)N1CCCC1. The number of carbonyl (C=O) groups excluding carboxylic acids is 1. The Kier molecular flexibility index (Phi) is 4.27. The maximum Gasteiger partial charge on any atom is 0.335 e. The number of amides is 1. The summed E-state index contributed by atoms with van der Waals surface area (Å²) >= 11 is 0. The lowest BCUT2D eigenvalue weighted by atomic mass is 10.1. The molecule has 0 aliphatic carbocycles. The van der Waals surface area contributed by atoms with Crippen molar-refractivity contribution in [1.82, 2.24) is 4.90 Å². The number of benzene rings is 1. The van der Waals surface area contributed by atoms with E-state index in [9.17, 15) is 9.59 Å². The highest BCUT2D eigenvalue weighted by Gasteiger charge is 2.20. The van der Waals surface area contributed by atoms with Gasteiger partial charge in [-0.2, -0.15) is 0 Å². The van der Waals surface area contributed by atoms with Gasteiger partial charge in [0.15, 0.2) is 0 Å². The van der Waals surface area contributed by atoms with Crippen LogP contribution in [0.25, 0.3) is 0 Å². The predicted octanol–water partition coefficient (Wildman–Crippen LogP) is 1.75. The number of carbonyl (C=O) groups is 2. The maximum atomic E-state index is 12.1. The van der Waals surface area contributed by atoms with Crippen molar-refractivity contribution in [2.75, 3.05) is 31.6 Å². The van der Waals surface area contributed by atoms with E-state index in [0.717, 1.165) is 37.2 Å². The number of carboxylic acids is 1. The highest BCUT2D eigenvalue weighted by atomic mass is 16.4. The molecule has 1 aliphatic rings. The number of nitrogens with zero attached hydrogens (tertiary/aromatic N) is 2. The van der Waals surface area contributed by atoms with Gasteiger partial charge in [-0.25, -0.2) is 4.79 Å². The minimum atomic E-state index is -0.935. The van der Waals surface area contributed by atoms with E-state index < -0.39 is 5.97 Å². The largest absolute Gasteiger partial charge is 0.478 e. The summed E-state index contributed by atoms with van der Waals surface area (Å²) in [5, 5.41) is 8.95. The van der Waals surface area contributed by atoms with Crippen molar-refractivity contribution in [3.8, 4) is 0 Å². The Morgan fingerprint density at radius 1 is 1.30 bits per heavy atom. The van der Waals surface area contributed by atoms with Gasteiger partial charge in [0.05, 0.1) is 12.1 Å². The molecule has 0 saturated carbocycles. The van der Waals surface area contributed by atoms with Crippen LogP contribution in [0.4, 0.5) is 5.69 Å². The Balaban J connectivity index is 2.06. The Morgan fingerprint density at radius 3 is 2.50 bits per heavy atom. The van der Waals surface area contributed by atoms with Gasteiger partial charge in [0.1, 0.15) is 0 Å². The first-order chi connectivity index (χ1) is 9.49. The molecule has 0 radical (unpaired) electrons. The van der Waals surface area contributed by atoms with Gasteiger partial charge in [-0.1, -0.05) is 0 Å². The number of anilines is 1. The van der Waals surface area contributed by atoms with Crippen LogP contribution in [0.1, 0.15) is 28.8 Å². The van der Waals surface area contributed by atoms with Gasteiger partial charge in [0, 0.05) is 25.8 Å².